The molecular weight excluding hydrogens is 334 g/mol. The molecule has 0 aliphatic carbocycles. The predicted octanol–water partition coefficient (Wildman–Crippen LogP) is 3.41. The zero-order valence-electron chi connectivity index (χ0n) is 14.3. The average Bonchev–Trinajstić information content (AvgIpc) is 3.13. The lowest BCUT2D eigenvalue weighted by Crippen LogP contribution is -2.21. The maximum absolute atomic E-state index is 12.2. The van der Waals surface area contributed by atoms with Crippen molar-refractivity contribution in [3.05, 3.63) is 62.7 Å². The zero-order valence-corrected chi connectivity index (χ0v) is 15.1. The Bertz CT molecular complexity index is 854. The Hall–Kier alpha value is -2.67. The lowest BCUT2D eigenvalue weighted by molar-refractivity contribution is 0.866. The minimum absolute atomic E-state index is 0.217. The standard InChI is InChI=1S/C18H21N5OS/c1-3-23(4-2)14-9-7-13(8-10-14)19-18-20-17(24)16(21-22-18)12-15-6-5-11-25-15/h5-11H,3-4,12H2,1-2H3,(H2,19,20,22,24). The van der Waals surface area contributed by atoms with Crippen molar-refractivity contribution in [1.82, 2.24) is 15.2 Å². The molecule has 0 fully saturated rings. The van der Waals surface area contributed by atoms with Crippen molar-refractivity contribution in [2.24, 2.45) is 0 Å². The van der Waals surface area contributed by atoms with Crippen LogP contribution in [0.3, 0.4) is 0 Å². The highest BCUT2D eigenvalue weighted by molar-refractivity contribution is 7.09. The Morgan fingerprint density at radius 1 is 1.12 bits per heavy atom. The van der Waals surface area contributed by atoms with Gasteiger partial charge in [-0.05, 0) is 49.6 Å². The third kappa shape index (κ3) is 4.24. The molecule has 0 amide bonds. The molecule has 25 heavy (non-hydrogen) atoms. The zero-order chi connectivity index (χ0) is 17.6. The Balaban J connectivity index is 1.70. The van der Waals surface area contributed by atoms with Crippen LogP contribution in [0.1, 0.15) is 24.4 Å². The van der Waals surface area contributed by atoms with E-state index in [1.807, 2.05) is 41.8 Å². The number of nitrogens with zero attached hydrogens (tertiary/aromatic N) is 3. The van der Waals surface area contributed by atoms with Gasteiger partial charge in [0.2, 0.25) is 5.95 Å². The van der Waals surface area contributed by atoms with Crippen molar-refractivity contribution in [1.29, 1.82) is 0 Å². The fraction of sp³-hybridized carbons (Fsp3) is 0.278. The number of hydrogen-bond donors (Lipinski definition) is 2. The Labute approximate surface area is 150 Å². The van der Waals surface area contributed by atoms with Crippen molar-refractivity contribution >= 4 is 28.7 Å². The highest BCUT2D eigenvalue weighted by Crippen LogP contribution is 2.19. The van der Waals surface area contributed by atoms with Gasteiger partial charge in [-0.3, -0.25) is 9.78 Å². The van der Waals surface area contributed by atoms with Crippen LogP contribution in [0.2, 0.25) is 0 Å². The molecule has 0 radical (unpaired) electrons. The highest BCUT2D eigenvalue weighted by Gasteiger charge is 2.07. The summed E-state index contributed by atoms with van der Waals surface area (Å²) in [6, 6.07) is 12.0. The van der Waals surface area contributed by atoms with E-state index >= 15 is 0 Å². The first-order valence-electron chi connectivity index (χ1n) is 8.30. The number of thiophene rings is 1. The minimum atomic E-state index is -0.217. The molecule has 1 aromatic carbocycles. The van der Waals surface area contributed by atoms with Gasteiger partial charge in [-0.1, -0.05) is 6.07 Å². The summed E-state index contributed by atoms with van der Waals surface area (Å²) in [6.07, 6.45) is 0.499. The largest absolute Gasteiger partial charge is 0.372 e. The second-order valence-corrected chi connectivity index (χ2v) is 6.58. The molecule has 3 rings (SSSR count). The van der Waals surface area contributed by atoms with Crippen molar-refractivity contribution in [2.45, 2.75) is 20.3 Å². The Morgan fingerprint density at radius 2 is 1.88 bits per heavy atom. The van der Waals surface area contributed by atoms with E-state index in [1.54, 1.807) is 11.3 Å². The summed E-state index contributed by atoms with van der Waals surface area (Å²) in [5.41, 5.74) is 2.23. The molecule has 2 aromatic heterocycles. The van der Waals surface area contributed by atoms with Gasteiger partial charge in [-0.2, -0.15) is 0 Å². The molecule has 130 valence electrons. The number of anilines is 3. The first-order valence-corrected chi connectivity index (χ1v) is 9.17. The van der Waals surface area contributed by atoms with Crippen LogP contribution >= 0.6 is 11.3 Å². The van der Waals surface area contributed by atoms with Crippen LogP contribution in [0.5, 0.6) is 0 Å². The number of hydrogen-bond acceptors (Lipinski definition) is 6. The molecule has 0 aliphatic heterocycles. The minimum Gasteiger partial charge on any atom is -0.372 e. The predicted molar refractivity (Wildman–Crippen MR) is 103 cm³/mol. The average molecular weight is 355 g/mol. The molecule has 7 heteroatoms. The third-order valence-corrected chi connectivity index (χ3v) is 4.82. The quantitative estimate of drug-likeness (QED) is 0.679. The van der Waals surface area contributed by atoms with Gasteiger partial charge in [0.05, 0.1) is 0 Å². The van der Waals surface area contributed by atoms with Crippen molar-refractivity contribution in [3.63, 3.8) is 0 Å². The summed E-state index contributed by atoms with van der Waals surface area (Å²) in [4.78, 5) is 18.3. The normalized spacial score (nSPS) is 10.6. The van der Waals surface area contributed by atoms with Gasteiger partial charge < -0.3 is 10.2 Å². The van der Waals surface area contributed by atoms with Gasteiger partial charge in [-0.25, -0.2) is 0 Å². The molecule has 0 spiro atoms. The second kappa shape index (κ2) is 7.94. The fourth-order valence-corrected chi connectivity index (χ4v) is 3.30. The van der Waals surface area contributed by atoms with E-state index in [4.69, 9.17) is 0 Å². The van der Waals surface area contributed by atoms with E-state index < -0.39 is 0 Å². The van der Waals surface area contributed by atoms with Crippen LogP contribution in [-0.4, -0.2) is 28.3 Å². The van der Waals surface area contributed by atoms with Crippen molar-refractivity contribution < 1.29 is 0 Å². The molecule has 0 atom stereocenters. The van der Waals surface area contributed by atoms with Crippen molar-refractivity contribution in [3.8, 4) is 0 Å². The lowest BCUT2D eigenvalue weighted by Gasteiger charge is -2.21. The van der Waals surface area contributed by atoms with Crippen LogP contribution in [0.4, 0.5) is 17.3 Å². The number of H-pyrrole nitrogens is 1. The van der Waals surface area contributed by atoms with Crippen molar-refractivity contribution in [2.75, 3.05) is 23.3 Å². The third-order valence-electron chi connectivity index (χ3n) is 3.95. The van der Waals surface area contributed by atoms with E-state index in [9.17, 15) is 4.79 Å². The summed E-state index contributed by atoms with van der Waals surface area (Å²) in [5, 5.41) is 13.2. The molecule has 0 saturated heterocycles. The van der Waals surface area contributed by atoms with Crippen LogP contribution in [-0.2, 0) is 6.42 Å². The van der Waals surface area contributed by atoms with Crippen LogP contribution < -0.4 is 15.8 Å². The molecule has 0 bridgehead atoms. The summed E-state index contributed by atoms with van der Waals surface area (Å²) in [6.45, 7) is 6.20. The second-order valence-electron chi connectivity index (χ2n) is 5.55. The molecule has 0 unspecified atom stereocenters. The molecule has 2 N–H and O–H groups in total. The first-order chi connectivity index (χ1) is 12.2. The fourth-order valence-electron chi connectivity index (χ4n) is 2.59. The molecule has 0 aliphatic rings. The maximum atomic E-state index is 12.2. The van der Waals surface area contributed by atoms with Crippen LogP contribution in [0, 0.1) is 0 Å². The van der Waals surface area contributed by atoms with Crippen LogP contribution in [0.15, 0.2) is 46.6 Å². The van der Waals surface area contributed by atoms with E-state index in [0.29, 0.717) is 18.1 Å². The number of aromatic amines is 1. The maximum Gasteiger partial charge on any atom is 0.274 e. The molecule has 0 saturated carbocycles. The summed E-state index contributed by atoms with van der Waals surface area (Å²) >= 11 is 1.60. The monoisotopic (exact) mass is 355 g/mol. The SMILES string of the molecule is CCN(CC)c1ccc(Nc2nnc(Cc3cccs3)c(=O)[nH]2)cc1. The number of nitrogens with one attached hydrogen (secondary N) is 2. The molecular formula is C18H21N5OS. The molecule has 3 aromatic rings. The number of rotatable bonds is 7. The van der Waals surface area contributed by atoms with E-state index in [2.05, 4.69) is 39.2 Å². The van der Waals surface area contributed by atoms with Gasteiger partial charge in [0.1, 0.15) is 5.69 Å². The van der Waals surface area contributed by atoms with Gasteiger partial charge in [-0.15, -0.1) is 21.5 Å². The van der Waals surface area contributed by atoms with Gasteiger partial charge >= 0.3 is 0 Å². The van der Waals surface area contributed by atoms with E-state index in [0.717, 1.165) is 23.7 Å². The highest BCUT2D eigenvalue weighted by atomic mass is 32.1. The summed E-state index contributed by atoms with van der Waals surface area (Å²) in [5.74, 6) is 0.343. The van der Waals surface area contributed by atoms with Gasteiger partial charge in [0.15, 0.2) is 0 Å². The van der Waals surface area contributed by atoms with Gasteiger partial charge in [0.25, 0.3) is 5.56 Å². The van der Waals surface area contributed by atoms with Crippen LogP contribution in [0.25, 0.3) is 0 Å². The summed E-state index contributed by atoms with van der Waals surface area (Å²) in [7, 11) is 0. The topological polar surface area (TPSA) is 73.9 Å². The smallest absolute Gasteiger partial charge is 0.274 e. The first kappa shape index (κ1) is 17.2. The molecule has 2 heterocycles. The Kier molecular flexibility index (Phi) is 5.45. The van der Waals surface area contributed by atoms with E-state index in [-0.39, 0.29) is 5.56 Å². The van der Waals surface area contributed by atoms with Gasteiger partial charge in [0, 0.05) is 35.8 Å². The number of aromatic nitrogens is 3. The summed E-state index contributed by atoms with van der Waals surface area (Å²) < 4.78 is 0. The lowest BCUT2D eigenvalue weighted by atomic mass is 10.2. The Morgan fingerprint density at radius 3 is 2.48 bits per heavy atom. The van der Waals surface area contributed by atoms with E-state index in [1.165, 1.54) is 5.69 Å². The molecule has 6 nitrogen and oxygen atoms in total. The number of benzene rings is 1.